The van der Waals surface area contributed by atoms with Crippen molar-refractivity contribution >= 4 is 34.2 Å². The molecule has 0 spiro atoms. The van der Waals surface area contributed by atoms with Crippen LogP contribution in [0, 0.1) is 0 Å². The standard InChI is InChI=1S/C34H37ClN4O2/c1-36-18-16-32-34(41)39(23-31(24-8-4-2-5-9-24)25-10-6-3-7-11-25)19-17-30(38-32)22-37-33(40)28-13-12-27-21-29(35)15-14-26(27)20-28/h2-15,20-21,30-32,36,38H,16-19,22-23H2,1H3,(H,37,40). The van der Waals surface area contributed by atoms with Crippen LogP contribution in [0.1, 0.15) is 40.2 Å². The Morgan fingerprint density at radius 1 is 0.951 bits per heavy atom. The molecule has 3 N–H and O–H groups in total. The molecule has 2 atom stereocenters. The van der Waals surface area contributed by atoms with Gasteiger partial charge < -0.3 is 20.9 Å². The van der Waals surface area contributed by atoms with Gasteiger partial charge in [-0.2, -0.15) is 0 Å². The second-order valence-corrected chi connectivity index (χ2v) is 11.1. The first-order valence-electron chi connectivity index (χ1n) is 14.3. The van der Waals surface area contributed by atoms with E-state index in [0.717, 1.165) is 23.7 Å². The zero-order chi connectivity index (χ0) is 28.6. The summed E-state index contributed by atoms with van der Waals surface area (Å²) in [4.78, 5) is 28.9. The summed E-state index contributed by atoms with van der Waals surface area (Å²) in [5.74, 6) is 0.0561. The average molecular weight is 569 g/mol. The van der Waals surface area contributed by atoms with Gasteiger partial charge in [0, 0.05) is 42.2 Å². The average Bonchev–Trinajstić information content (AvgIpc) is 3.16. The molecule has 0 aliphatic carbocycles. The highest BCUT2D eigenvalue weighted by molar-refractivity contribution is 6.31. The fraction of sp³-hybridized carbons (Fsp3) is 0.294. The van der Waals surface area contributed by atoms with Gasteiger partial charge in [0.25, 0.3) is 5.91 Å². The molecule has 4 aromatic rings. The van der Waals surface area contributed by atoms with Crippen molar-refractivity contribution in [1.29, 1.82) is 0 Å². The number of halogens is 1. The molecule has 2 unspecified atom stereocenters. The fourth-order valence-electron chi connectivity index (χ4n) is 5.59. The molecule has 1 aliphatic rings. The van der Waals surface area contributed by atoms with Crippen molar-refractivity contribution in [2.75, 3.05) is 33.2 Å². The molecular formula is C34H37ClN4O2. The minimum Gasteiger partial charge on any atom is -0.350 e. The second kappa shape index (κ2) is 13.8. The molecule has 1 heterocycles. The number of amides is 2. The lowest BCUT2D eigenvalue weighted by Gasteiger charge is -2.29. The number of carbonyl (C=O) groups is 2. The van der Waals surface area contributed by atoms with Gasteiger partial charge in [0.1, 0.15) is 0 Å². The number of hydrogen-bond donors (Lipinski definition) is 3. The van der Waals surface area contributed by atoms with Gasteiger partial charge in [-0.05, 0) is 72.6 Å². The first-order valence-corrected chi connectivity index (χ1v) is 14.7. The van der Waals surface area contributed by atoms with Crippen molar-refractivity contribution in [3.63, 3.8) is 0 Å². The SMILES string of the molecule is CNCCC1NC(CNC(=O)c2ccc3cc(Cl)ccc3c2)CCN(CC(c2ccccc2)c2ccccc2)C1=O. The molecule has 1 fully saturated rings. The van der Waals surface area contributed by atoms with Crippen LogP contribution in [0.4, 0.5) is 0 Å². The number of rotatable bonds is 10. The van der Waals surface area contributed by atoms with Gasteiger partial charge in [-0.1, -0.05) is 84.4 Å². The molecule has 0 bridgehead atoms. The Balaban J connectivity index is 1.29. The van der Waals surface area contributed by atoms with E-state index in [4.69, 9.17) is 11.6 Å². The molecule has 6 nitrogen and oxygen atoms in total. The predicted octanol–water partition coefficient (Wildman–Crippen LogP) is 5.22. The smallest absolute Gasteiger partial charge is 0.251 e. The van der Waals surface area contributed by atoms with Crippen molar-refractivity contribution in [2.24, 2.45) is 0 Å². The Morgan fingerprint density at radius 2 is 1.61 bits per heavy atom. The van der Waals surface area contributed by atoms with Crippen molar-refractivity contribution in [1.82, 2.24) is 20.9 Å². The van der Waals surface area contributed by atoms with Crippen LogP contribution < -0.4 is 16.0 Å². The number of fused-ring (bicyclic) bond motifs is 1. The van der Waals surface area contributed by atoms with Gasteiger partial charge in [-0.25, -0.2) is 0 Å². The Labute approximate surface area is 247 Å². The molecule has 41 heavy (non-hydrogen) atoms. The summed E-state index contributed by atoms with van der Waals surface area (Å²) in [6.45, 7) is 2.38. The summed E-state index contributed by atoms with van der Waals surface area (Å²) in [5.41, 5.74) is 2.99. The zero-order valence-corrected chi connectivity index (χ0v) is 24.1. The van der Waals surface area contributed by atoms with Crippen LogP contribution in [0.25, 0.3) is 10.8 Å². The van der Waals surface area contributed by atoms with Gasteiger partial charge in [0.15, 0.2) is 0 Å². The lowest BCUT2D eigenvalue weighted by atomic mass is 9.90. The van der Waals surface area contributed by atoms with Gasteiger partial charge >= 0.3 is 0 Å². The Hall–Kier alpha value is -3.71. The van der Waals surface area contributed by atoms with E-state index in [1.54, 1.807) is 0 Å². The van der Waals surface area contributed by atoms with E-state index in [1.807, 2.05) is 60.5 Å². The molecule has 1 saturated heterocycles. The zero-order valence-electron chi connectivity index (χ0n) is 23.4. The van der Waals surface area contributed by atoms with E-state index in [9.17, 15) is 9.59 Å². The first-order chi connectivity index (χ1) is 20.0. The monoisotopic (exact) mass is 568 g/mol. The minimum absolute atomic E-state index is 0.0269. The molecule has 0 saturated carbocycles. The fourth-order valence-corrected chi connectivity index (χ4v) is 5.77. The van der Waals surface area contributed by atoms with Crippen LogP contribution in [0.3, 0.4) is 0 Å². The summed E-state index contributed by atoms with van der Waals surface area (Å²) in [7, 11) is 1.90. The minimum atomic E-state index is -0.329. The number of nitrogens with one attached hydrogen (secondary N) is 3. The topological polar surface area (TPSA) is 73.5 Å². The third-order valence-corrected chi connectivity index (χ3v) is 8.09. The highest BCUT2D eigenvalue weighted by Crippen LogP contribution is 2.27. The van der Waals surface area contributed by atoms with E-state index in [2.05, 4.69) is 64.5 Å². The van der Waals surface area contributed by atoms with Gasteiger partial charge in [0.2, 0.25) is 5.91 Å². The van der Waals surface area contributed by atoms with E-state index < -0.39 is 0 Å². The molecular weight excluding hydrogens is 532 g/mol. The maximum atomic E-state index is 13.8. The molecule has 212 valence electrons. The van der Waals surface area contributed by atoms with Gasteiger partial charge in [-0.3, -0.25) is 9.59 Å². The van der Waals surface area contributed by atoms with Crippen molar-refractivity contribution in [3.8, 4) is 0 Å². The predicted molar refractivity (Wildman–Crippen MR) is 166 cm³/mol. The van der Waals surface area contributed by atoms with Crippen LogP contribution in [-0.4, -0.2) is 62.0 Å². The van der Waals surface area contributed by atoms with E-state index in [1.165, 1.54) is 11.1 Å². The molecule has 5 rings (SSSR count). The number of benzene rings is 4. The summed E-state index contributed by atoms with van der Waals surface area (Å²) >= 11 is 6.11. The van der Waals surface area contributed by atoms with Crippen LogP contribution in [0.15, 0.2) is 97.1 Å². The normalized spacial score (nSPS) is 17.5. The quantitative estimate of drug-likeness (QED) is 0.245. The Bertz CT molecular complexity index is 1420. The highest BCUT2D eigenvalue weighted by Gasteiger charge is 2.32. The van der Waals surface area contributed by atoms with Crippen LogP contribution in [0.5, 0.6) is 0 Å². The third-order valence-electron chi connectivity index (χ3n) is 7.86. The van der Waals surface area contributed by atoms with Crippen molar-refractivity contribution < 1.29 is 9.59 Å². The number of hydrogen-bond acceptors (Lipinski definition) is 4. The lowest BCUT2D eigenvalue weighted by Crippen LogP contribution is -2.50. The van der Waals surface area contributed by atoms with E-state index in [-0.39, 0.29) is 29.8 Å². The summed E-state index contributed by atoms with van der Waals surface area (Å²) in [6, 6.07) is 31.7. The summed E-state index contributed by atoms with van der Waals surface area (Å²) in [6.07, 6.45) is 1.42. The first kappa shape index (κ1) is 28.8. The maximum Gasteiger partial charge on any atom is 0.251 e. The number of nitrogens with zero attached hydrogens (tertiary/aromatic N) is 1. The van der Waals surface area contributed by atoms with Gasteiger partial charge in [0.05, 0.1) is 6.04 Å². The second-order valence-electron chi connectivity index (χ2n) is 10.7. The lowest BCUT2D eigenvalue weighted by molar-refractivity contribution is -0.133. The third kappa shape index (κ3) is 7.33. The summed E-state index contributed by atoms with van der Waals surface area (Å²) < 4.78 is 0. The van der Waals surface area contributed by atoms with Gasteiger partial charge in [-0.15, -0.1) is 0 Å². The Kier molecular flexibility index (Phi) is 9.67. The molecule has 0 radical (unpaired) electrons. The molecule has 7 heteroatoms. The number of carbonyl (C=O) groups excluding carboxylic acids is 2. The highest BCUT2D eigenvalue weighted by atomic mass is 35.5. The van der Waals surface area contributed by atoms with Crippen LogP contribution >= 0.6 is 11.6 Å². The van der Waals surface area contributed by atoms with Crippen LogP contribution in [0.2, 0.25) is 5.02 Å². The maximum absolute atomic E-state index is 13.8. The van der Waals surface area contributed by atoms with Crippen LogP contribution in [-0.2, 0) is 4.79 Å². The van der Waals surface area contributed by atoms with E-state index in [0.29, 0.717) is 36.6 Å². The largest absolute Gasteiger partial charge is 0.350 e. The van der Waals surface area contributed by atoms with Crippen molar-refractivity contribution in [2.45, 2.75) is 30.8 Å². The Morgan fingerprint density at radius 3 is 2.29 bits per heavy atom. The summed E-state index contributed by atoms with van der Waals surface area (Å²) in [5, 5.41) is 12.5. The van der Waals surface area contributed by atoms with Crippen molar-refractivity contribution in [3.05, 3.63) is 119 Å². The van der Waals surface area contributed by atoms with E-state index >= 15 is 0 Å². The molecule has 2 amide bonds. The molecule has 4 aromatic carbocycles. The molecule has 0 aromatic heterocycles. The molecule has 1 aliphatic heterocycles.